The second kappa shape index (κ2) is 12.9. The van der Waals surface area contributed by atoms with Crippen LogP contribution >= 0.6 is 11.3 Å². The summed E-state index contributed by atoms with van der Waals surface area (Å²) >= 11 is 1.23. The van der Waals surface area contributed by atoms with Gasteiger partial charge in [-0.1, -0.05) is 59.9 Å². The Hall–Kier alpha value is -4.96. The van der Waals surface area contributed by atoms with Crippen molar-refractivity contribution in [2.24, 2.45) is 4.99 Å². The summed E-state index contributed by atoms with van der Waals surface area (Å²) < 4.78 is 23.9. The van der Waals surface area contributed by atoms with Gasteiger partial charge in [0.05, 0.1) is 35.6 Å². The van der Waals surface area contributed by atoms with Crippen LogP contribution in [-0.2, 0) is 20.9 Å². The highest BCUT2D eigenvalue weighted by Gasteiger charge is 2.34. The van der Waals surface area contributed by atoms with E-state index in [1.165, 1.54) is 29.9 Å². The lowest BCUT2D eigenvalue weighted by Crippen LogP contribution is -2.40. The number of thiazole rings is 1. The Kier molecular flexibility index (Phi) is 8.87. The predicted octanol–water partition coefficient (Wildman–Crippen LogP) is 4.31. The van der Waals surface area contributed by atoms with Crippen molar-refractivity contribution in [3.63, 3.8) is 0 Å². The molecule has 0 saturated carbocycles. The van der Waals surface area contributed by atoms with Gasteiger partial charge in [0.15, 0.2) is 16.3 Å². The fraction of sp³-hybridized carbons (Fsp3) is 0.212. The van der Waals surface area contributed by atoms with Gasteiger partial charge in [-0.3, -0.25) is 14.2 Å². The second-order valence-electron chi connectivity index (χ2n) is 9.65. The highest BCUT2D eigenvalue weighted by atomic mass is 32.1. The standard InChI is InChI=1S/C33H30N2O7S/c1-5-40-32(38)29-20(2)34-33-35(30(29)24-13-16-26(42-21(3)36)27(18-24)39-4)31(37)28(43-33)17-22-11-14-25(15-12-22)41-19-23-9-7-6-8-10-23/h6-18,30H,5,19H2,1-4H3/b28-17-. The molecule has 0 fully saturated rings. The van der Waals surface area contributed by atoms with E-state index in [1.54, 1.807) is 38.1 Å². The molecule has 10 heteroatoms. The molecule has 0 N–H and O–H groups in total. The molecule has 3 aromatic carbocycles. The third kappa shape index (κ3) is 6.44. The molecule has 0 saturated heterocycles. The number of allylic oxidation sites excluding steroid dienone is 1. The summed E-state index contributed by atoms with van der Waals surface area (Å²) in [6.45, 7) is 5.34. The summed E-state index contributed by atoms with van der Waals surface area (Å²) in [6, 6.07) is 21.4. The van der Waals surface area contributed by atoms with Crippen LogP contribution in [0.1, 0.15) is 43.5 Å². The number of ether oxygens (including phenoxy) is 4. The molecule has 43 heavy (non-hydrogen) atoms. The molecule has 0 radical (unpaired) electrons. The van der Waals surface area contributed by atoms with Crippen LogP contribution in [0, 0.1) is 0 Å². The van der Waals surface area contributed by atoms with Gasteiger partial charge in [-0.15, -0.1) is 0 Å². The van der Waals surface area contributed by atoms with Gasteiger partial charge in [0.25, 0.3) is 5.56 Å². The number of nitrogens with zero attached hydrogens (tertiary/aromatic N) is 2. The molecule has 2 heterocycles. The molecule has 1 aliphatic rings. The maximum absolute atomic E-state index is 13.9. The summed E-state index contributed by atoms with van der Waals surface area (Å²) in [6.07, 6.45) is 1.79. The summed E-state index contributed by atoms with van der Waals surface area (Å²) in [5.74, 6) is 0.140. The molecule has 220 valence electrons. The third-order valence-electron chi connectivity index (χ3n) is 6.70. The van der Waals surface area contributed by atoms with Gasteiger partial charge >= 0.3 is 11.9 Å². The summed E-state index contributed by atoms with van der Waals surface area (Å²) in [7, 11) is 1.45. The van der Waals surface area contributed by atoms with Crippen LogP contribution in [-0.4, -0.2) is 30.2 Å². The molecule has 0 bridgehead atoms. The molecule has 1 unspecified atom stereocenters. The van der Waals surface area contributed by atoms with Crippen LogP contribution in [0.2, 0.25) is 0 Å². The number of carbonyl (C=O) groups excluding carboxylic acids is 2. The third-order valence-corrected chi connectivity index (χ3v) is 7.68. The van der Waals surface area contributed by atoms with Gasteiger partial charge in [0, 0.05) is 6.92 Å². The fourth-order valence-corrected chi connectivity index (χ4v) is 5.80. The van der Waals surface area contributed by atoms with E-state index in [-0.39, 0.29) is 29.2 Å². The maximum atomic E-state index is 13.9. The first-order valence-corrected chi connectivity index (χ1v) is 14.4. The van der Waals surface area contributed by atoms with Gasteiger partial charge in [-0.25, -0.2) is 9.79 Å². The van der Waals surface area contributed by atoms with Crippen LogP contribution < -0.4 is 29.1 Å². The molecule has 5 rings (SSSR count). The van der Waals surface area contributed by atoms with E-state index < -0.39 is 18.0 Å². The largest absolute Gasteiger partial charge is 0.493 e. The Morgan fingerprint density at radius 2 is 1.77 bits per heavy atom. The lowest BCUT2D eigenvalue weighted by atomic mass is 9.95. The molecule has 1 atom stereocenters. The fourth-order valence-electron chi connectivity index (χ4n) is 4.75. The van der Waals surface area contributed by atoms with Crippen LogP contribution in [0.4, 0.5) is 0 Å². The molecule has 4 aromatic rings. The number of benzene rings is 3. The van der Waals surface area contributed by atoms with E-state index in [2.05, 4.69) is 4.99 Å². The van der Waals surface area contributed by atoms with Gasteiger partial charge in [-0.2, -0.15) is 0 Å². The Labute approximate surface area is 252 Å². The van der Waals surface area contributed by atoms with Crippen LogP contribution in [0.3, 0.4) is 0 Å². The average Bonchev–Trinajstić information content (AvgIpc) is 3.30. The average molecular weight is 599 g/mol. The lowest BCUT2D eigenvalue weighted by molar-refractivity contribution is -0.139. The number of esters is 2. The van der Waals surface area contributed by atoms with E-state index in [1.807, 2.05) is 54.6 Å². The minimum absolute atomic E-state index is 0.159. The van der Waals surface area contributed by atoms with Gasteiger partial charge in [0.1, 0.15) is 12.4 Å². The molecule has 0 amide bonds. The molecule has 0 aliphatic carbocycles. The molecule has 1 aliphatic heterocycles. The van der Waals surface area contributed by atoms with Crippen molar-refractivity contribution in [2.45, 2.75) is 33.4 Å². The van der Waals surface area contributed by atoms with Crippen LogP contribution in [0.5, 0.6) is 17.2 Å². The number of hydrogen-bond donors (Lipinski definition) is 0. The number of fused-ring (bicyclic) bond motifs is 1. The Bertz CT molecular complexity index is 1870. The molecule has 1 aromatic heterocycles. The molecular weight excluding hydrogens is 568 g/mol. The normalized spacial score (nSPS) is 14.5. The van der Waals surface area contributed by atoms with Crippen molar-refractivity contribution >= 4 is 29.4 Å². The smallest absolute Gasteiger partial charge is 0.338 e. The Balaban J connectivity index is 1.54. The SMILES string of the molecule is CCOC(=O)C1=C(C)N=c2s/c(=C\c3ccc(OCc4ccccc4)cc3)c(=O)n2C1c1ccc(OC(C)=O)c(OC)c1. The number of rotatable bonds is 9. The van der Waals surface area contributed by atoms with Gasteiger partial charge < -0.3 is 18.9 Å². The van der Waals surface area contributed by atoms with E-state index in [0.29, 0.717) is 33.0 Å². The zero-order valence-corrected chi connectivity index (χ0v) is 25.0. The maximum Gasteiger partial charge on any atom is 0.338 e. The first-order chi connectivity index (χ1) is 20.8. The molecular formula is C33H30N2O7S. The molecule has 0 spiro atoms. The number of hydrogen-bond acceptors (Lipinski definition) is 9. The quantitative estimate of drug-likeness (QED) is 0.209. The zero-order chi connectivity index (χ0) is 30.5. The van der Waals surface area contributed by atoms with Gasteiger partial charge in [-0.05, 0) is 60.9 Å². The minimum Gasteiger partial charge on any atom is -0.493 e. The topological polar surface area (TPSA) is 105 Å². The number of carbonyl (C=O) groups is 2. The van der Waals surface area contributed by atoms with E-state index in [0.717, 1.165) is 11.1 Å². The predicted molar refractivity (Wildman–Crippen MR) is 162 cm³/mol. The van der Waals surface area contributed by atoms with Crippen molar-refractivity contribution in [1.29, 1.82) is 0 Å². The summed E-state index contributed by atoms with van der Waals surface area (Å²) in [4.78, 5) is 43.7. The number of aromatic nitrogens is 1. The van der Waals surface area contributed by atoms with Gasteiger partial charge in [0.2, 0.25) is 0 Å². The van der Waals surface area contributed by atoms with Crippen molar-refractivity contribution in [1.82, 2.24) is 4.57 Å². The first kappa shape index (κ1) is 29.5. The van der Waals surface area contributed by atoms with Crippen molar-refractivity contribution in [3.05, 3.63) is 120 Å². The number of methoxy groups -OCH3 is 1. The Morgan fingerprint density at radius 3 is 2.44 bits per heavy atom. The van der Waals surface area contributed by atoms with Crippen LogP contribution in [0.25, 0.3) is 6.08 Å². The van der Waals surface area contributed by atoms with Crippen molar-refractivity contribution in [3.8, 4) is 17.2 Å². The van der Waals surface area contributed by atoms with E-state index in [9.17, 15) is 14.4 Å². The Morgan fingerprint density at radius 1 is 1.02 bits per heavy atom. The first-order valence-electron chi connectivity index (χ1n) is 13.6. The van der Waals surface area contributed by atoms with Crippen molar-refractivity contribution in [2.75, 3.05) is 13.7 Å². The minimum atomic E-state index is -0.841. The van der Waals surface area contributed by atoms with Crippen LogP contribution in [0.15, 0.2) is 93.9 Å². The van der Waals surface area contributed by atoms with E-state index >= 15 is 0 Å². The lowest BCUT2D eigenvalue weighted by Gasteiger charge is -2.25. The zero-order valence-electron chi connectivity index (χ0n) is 24.2. The molecule has 9 nitrogen and oxygen atoms in total. The summed E-state index contributed by atoms with van der Waals surface area (Å²) in [5, 5.41) is 0. The highest BCUT2D eigenvalue weighted by Crippen LogP contribution is 2.36. The van der Waals surface area contributed by atoms with E-state index in [4.69, 9.17) is 18.9 Å². The highest BCUT2D eigenvalue weighted by molar-refractivity contribution is 7.07. The second-order valence-corrected chi connectivity index (χ2v) is 10.7. The monoisotopic (exact) mass is 598 g/mol. The summed E-state index contributed by atoms with van der Waals surface area (Å²) in [5.41, 5.74) is 2.82. The van der Waals surface area contributed by atoms with Crippen molar-refractivity contribution < 1.29 is 28.5 Å².